The third-order valence-corrected chi connectivity index (χ3v) is 2.78. The van der Waals surface area contributed by atoms with Crippen LogP contribution in [0.25, 0.3) is 0 Å². The van der Waals surface area contributed by atoms with E-state index in [0.29, 0.717) is 5.92 Å². The van der Waals surface area contributed by atoms with Gasteiger partial charge >= 0.3 is 0 Å². The van der Waals surface area contributed by atoms with Gasteiger partial charge in [0.25, 0.3) is 0 Å². The van der Waals surface area contributed by atoms with Crippen LogP contribution in [0.15, 0.2) is 0 Å². The first-order valence-electron chi connectivity index (χ1n) is 4.64. The fraction of sp³-hybridized carbons (Fsp3) is 1.00. The second-order valence-electron chi connectivity index (χ2n) is 4.29. The van der Waals surface area contributed by atoms with Crippen LogP contribution in [0.2, 0.25) is 0 Å². The van der Waals surface area contributed by atoms with Crippen LogP contribution in [0.1, 0.15) is 32.6 Å². The summed E-state index contributed by atoms with van der Waals surface area (Å²) >= 11 is 0. The van der Waals surface area contributed by atoms with Crippen molar-refractivity contribution >= 4 is 0 Å². The van der Waals surface area contributed by atoms with Gasteiger partial charge in [0, 0.05) is 12.6 Å². The summed E-state index contributed by atoms with van der Waals surface area (Å²) in [5.74, 6) is 0.578. The van der Waals surface area contributed by atoms with Gasteiger partial charge in [-0.15, -0.1) is 0 Å². The Morgan fingerprint density at radius 3 is 2.45 bits per heavy atom. The zero-order valence-corrected chi connectivity index (χ0v) is 7.14. The molecule has 0 amide bonds. The van der Waals surface area contributed by atoms with Crippen molar-refractivity contribution in [3.05, 3.63) is 0 Å². The van der Waals surface area contributed by atoms with Gasteiger partial charge in [0.15, 0.2) is 0 Å². The maximum atomic E-state index is 9.87. The Morgan fingerprint density at radius 1 is 1.36 bits per heavy atom. The van der Waals surface area contributed by atoms with Crippen LogP contribution >= 0.6 is 0 Å². The first-order valence-corrected chi connectivity index (χ1v) is 4.64. The van der Waals surface area contributed by atoms with Gasteiger partial charge in [0.05, 0.1) is 5.60 Å². The summed E-state index contributed by atoms with van der Waals surface area (Å²) in [6.07, 6.45) is 5.06. The van der Waals surface area contributed by atoms with E-state index in [1.165, 1.54) is 25.7 Å². The predicted octanol–water partition coefficient (Wildman–Crippen LogP) is 0.899. The lowest BCUT2D eigenvalue weighted by atomic mass is 10.0. The summed E-state index contributed by atoms with van der Waals surface area (Å²) < 4.78 is 0. The highest BCUT2D eigenvalue weighted by atomic mass is 16.3. The Morgan fingerprint density at radius 2 is 2.00 bits per heavy atom. The minimum Gasteiger partial charge on any atom is -0.389 e. The average molecular weight is 155 g/mol. The van der Waals surface area contributed by atoms with Crippen molar-refractivity contribution in [3.8, 4) is 0 Å². The first kappa shape index (κ1) is 7.56. The van der Waals surface area contributed by atoms with Gasteiger partial charge < -0.3 is 10.4 Å². The lowest BCUT2D eigenvalue weighted by Gasteiger charge is -2.23. The second-order valence-corrected chi connectivity index (χ2v) is 4.29. The molecule has 2 fully saturated rings. The molecule has 0 aliphatic heterocycles. The minimum absolute atomic E-state index is 0.428. The number of rotatable bonds is 4. The van der Waals surface area contributed by atoms with Crippen molar-refractivity contribution in [2.45, 2.75) is 44.2 Å². The Hall–Kier alpha value is -0.0800. The molecule has 0 bridgehead atoms. The van der Waals surface area contributed by atoms with Crippen LogP contribution in [-0.2, 0) is 0 Å². The van der Waals surface area contributed by atoms with E-state index in [4.69, 9.17) is 0 Å². The molecule has 2 saturated carbocycles. The predicted molar refractivity (Wildman–Crippen MR) is 44.4 cm³/mol. The van der Waals surface area contributed by atoms with Crippen LogP contribution in [-0.4, -0.2) is 23.3 Å². The minimum atomic E-state index is -0.428. The molecule has 11 heavy (non-hydrogen) atoms. The van der Waals surface area contributed by atoms with Gasteiger partial charge in [0.1, 0.15) is 0 Å². The molecule has 2 N–H and O–H groups in total. The number of hydrogen-bond acceptors (Lipinski definition) is 2. The molecule has 0 radical (unpaired) electrons. The van der Waals surface area contributed by atoms with Crippen molar-refractivity contribution in [3.63, 3.8) is 0 Å². The SMILES string of the molecule is CC(O)(CNC1CC1)C1CC1. The zero-order chi connectivity index (χ0) is 7.90. The third kappa shape index (κ3) is 1.94. The standard InChI is InChI=1S/C9H17NO/c1-9(11,7-2-3-7)6-10-8-4-5-8/h7-8,10-11H,2-6H2,1H3. The average Bonchev–Trinajstić information content (AvgIpc) is 2.79. The molecule has 0 spiro atoms. The summed E-state index contributed by atoms with van der Waals surface area (Å²) in [7, 11) is 0. The van der Waals surface area contributed by atoms with E-state index < -0.39 is 5.60 Å². The monoisotopic (exact) mass is 155 g/mol. The third-order valence-electron chi connectivity index (χ3n) is 2.78. The summed E-state index contributed by atoms with van der Waals surface area (Å²) in [5.41, 5.74) is -0.428. The highest BCUT2D eigenvalue weighted by Crippen LogP contribution is 2.39. The Bertz CT molecular complexity index is 148. The van der Waals surface area contributed by atoms with Crippen molar-refractivity contribution in [1.82, 2.24) is 5.32 Å². The van der Waals surface area contributed by atoms with E-state index in [0.717, 1.165) is 12.6 Å². The maximum Gasteiger partial charge on any atom is 0.0771 e. The van der Waals surface area contributed by atoms with E-state index >= 15 is 0 Å². The van der Waals surface area contributed by atoms with Gasteiger partial charge in [-0.3, -0.25) is 0 Å². The largest absolute Gasteiger partial charge is 0.389 e. The molecular formula is C9H17NO. The highest BCUT2D eigenvalue weighted by molar-refractivity contribution is 4.94. The van der Waals surface area contributed by atoms with Crippen molar-refractivity contribution in [2.75, 3.05) is 6.54 Å². The van der Waals surface area contributed by atoms with Gasteiger partial charge in [0.2, 0.25) is 0 Å². The van der Waals surface area contributed by atoms with E-state index in [9.17, 15) is 5.11 Å². The number of hydrogen-bond donors (Lipinski definition) is 2. The molecule has 0 heterocycles. The molecule has 2 aliphatic rings. The molecule has 0 aromatic heterocycles. The first-order chi connectivity index (χ1) is 5.18. The second kappa shape index (κ2) is 2.46. The van der Waals surface area contributed by atoms with E-state index in [1.807, 2.05) is 6.92 Å². The fourth-order valence-corrected chi connectivity index (χ4v) is 1.49. The molecule has 0 saturated heterocycles. The van der Waals surface area contributed by atoms with Crippen LogP contribution in [0.3, 0.4) is 0 Å². The smallest absolute Gasteiger partial charge is 0.0771 e. The number of nitrogens with one attached hydrogen (secondary N) is 1. The maximum absolute atomic E-state index is 9.87. The fourth-order valence-electron chi connectivity index (χ4n) is 1.49. The molecule has 64 valence electrons. The Kier molecular flexibility index (Phi) is 1.69. The lowest BCUT2D eigenvalue weighted by Crippen LogP contribution is -2.40. The topological polar surface area (TPSA) is 32.3 Å². The molecular weight excluding hydrogens is 138 g/mol. The van der Waals surface area contributed by atoms with Crippen LogP contribution in [0, 0.1) is 5.92 Å². The zero-order valence-electron chi connectivity index (χ0n) is 7.14. The molecule has 1 atom stereocenters. The van der Waals surface area contributed by atoms with Crippen LogP contribution in [0.4, 0.5) is 0 Å². The summed E-state index contributed by atoms with van der Waals surface area (Å²) in [6, 6.07) is 0.722. The van der Waals surface area contributed by atoms with Gasteiger partial charge in [-0.1, -0.05) is 0 Å². The highest BCUT2D eigenvalue weighted by Gasteiger charge is 2.40. The molecule has 0 aromatic rings. The summed E-state index contributed by atoms with van der Waals surface area (Å²) in [6.45, 7) is 2.75. The molecule has 2 aliphatic carbocycles. The summed E-state index contributed by atoms with van der Waals surface area (Å²) in [5, 5.41) is 13.2. The van der Waals surface area contributed by atoms with Crippen molar-refractivity contribution in [2.24, 2.45) is 5.92 Å². The van der Waals surface area contributed by atoms with Crippen molar-refractivity contribution < 1.29 is 5.11 Å². The lowest BCUT2D eigenvalue weighted by molar-refractivity contribution is 0.0367. The van der Waals surface area contributed by atoms with Gasteiger partial charge in [-0.25, -0.2) is 0 Å². The van der Waals surface area contributed by atoms with Gasteiger partial charge in [-0.2, -0.15) is 0 Å². The van der Waals surface area contributed by atoms with Crippen LogP contribution in [0.5, 0.6) is 0 Å². The van der Waals surface area contributed by atoms with E-state index in [2.05, 4.69) is 5.32 Å². The van der Waals surface area contributed by atoms with Crippen LogP contribution < -0.4 is 5.32 Å². The quantitative estimate of drug-likeness (QED) is 0.632. The molecule has 0 aromatic carbocycles. The summed E-state index contributed by atoms with van der Waals surface area (Å²) in [4.78, 5) is 0. The molecule has 2 nitrogen and oxygen atoms in total. The molecule has 2 heteroatoms. The number of aliphatic hydroxyl groups is 1. The Labute approximate surface area is 68.0 Å². The Balaban J connectivity index is 1.72. The molecule has 2 rings (SSSR count). The van der Waals surface area contributed by atoms with E-state index in [1.54, 1.807) is 0 Å². The van der Waals surface area contributed by atoms with Crippen molar-refractivity contribution in [1.29, 1.82) is 0 Å². The van der Waals surface area contributed by atoms with E-state index in [-0.39, 0.29) is 0 Å². The normalized spacial score (nSPS) is 30.0. The van der Waals surface area contributed by atoms with Gasteiger partial charge in [-0.05, 0) is 38.5 Å². The molecule has 1 unspecified atom stereocenters.